The number of pyridine rings is 1. The molecule has 4 aliphatic rings. The molecule has 0 radical (unpaired) electrons. The lowest BCUT2D eigenvalue weighted by Gasteiger charge is -2.40. The van der Waals surface area contributed by atoms with Gasteiger partial charge in [-0.05, 0) is 43.9 Å². The van der Waals surface area contributed by atoms with Crippen molar-refractivity contribution in [3.05, 3.63) is 77.3 Å². The van der Waals surface area contributed by atoms with Crippen molar-refractivity contribution in [3.63, 3.8) is 0 Å². The van der Waals surface area contributed by atoms with Crippen LogP contribution in [0.2, 0.25) is 0 Å². The zero-order valence-electron chi connectivity index (χ0n) is 26.2. The van der Waals surface area contributed by atoms with Gasteiger partial charge < -0.3 is 37.6 Å². The standard InChI is InChI=1S/C33H39N11O3/c1-42-17-27-24(13-37-44(27)22-15-43(16-22)14-21-4-2-7-29(38-21)36-18-45)23-5-3-6-25(31(23)42)40-26(30(35)33(47)39-20-10-11-20)12-28(34)41-32(46)19-8-9-19/h2-7,12-13,18-20,22,40H,8-11,14-17,34-35H2,1H3,(H,39,47)(H,41,46)(H,36,38,45)/b28-12+,30-26+. The van der Waals surface area contributed by atoms with Gasteiger partial charge in [0.05, 0.1) is 47.2 Å². The number of rotatable bonds is 12. The number of carbonyl (C=O) groups is 3. The SMILES string of the molecule is CN1Cc2c(cnn2C2CN(Cc3cccc(NC=O)n3)C2)-c2cccc(NC(/C=C(\N)NC(=O)C3CC3)=C(/N)C(=O)NC3CC3)c21. The number of hydrogen-bond donors (Lipinski definition) is 6. The second-order valence-electron chi connectivity index (χ2n) is 12.7. The van der Waals surface area contributed by atoms with Crippen molar-refractivity contribution in [1.29, 1.82) is 0 Å². The monoisotopic (exact) mass is 637 g/mol. The average Bonchev–Trinajstić information content (AvgIpc) is 3.97. The van der Waals surface area contributed by atoms with Gasteiger partial charge in [0.1, 0.15) is 17.3 Å². The van der Waals surface area contributed by atoms with E-state index in [1.54, 1.807) is 6.07 Å². The molecule has 2 aliphatic carbocycles. The Balaban J connectivity index is 1.11. The molecule has 0 spiro atoms. The summed E-state index contributed by atoms with van der Waals surface area (Å²) in [6.45, 7) is 2.99. The van der Waals surface area contributed by atoms with E-state index < -0.39 is 0 Å². The van der Waals surface area contributed by atoms with Gasteiger partial charge in [0.25, 0.3) is 5.91 Å². The van der Waals surface area contributed by atoms with Crippen LogP contribution in [0.4, 0.5) is 17.2 Å². The maximum Gasteiger partial charge on any atom is 0.269 e. The van der Waals surface area contributed by atoms with Crippen LogP contribution in [-0.2, 0) is 27.5 Å². The summed E-state index contributed by atoms with van der Waals surface area (Å²) in [7, 11) is 2.02. The first-order valence-corrected chi connectivity index (χ1v) is 15.9. The average molecular weight is 638 g/mol. The van der Waals surface area contributed by atoms with E-state index in [-0.39, 0.29) is 41.3 Å². The predicted molar refractivity (Wildman–Crippen MR) is 177 cm³/mol. The van der Waals surface area contributed by atoms with Crippen LogP contribution in [0.5, 0.6) is 0 Å². The molecule has 0 bridgehead atoms. The molecule has 2 aromatic heterocycles. The highest BCUT2D eigenvalue weighted by atomic mass is 16.2. The van der Waals surface area contributed by atoms with Crippen molar-refractivity contribution < 1.29 is 14.4 Å². The first-order chi connectivity index (χ1) is 22.8. The minimum Gasteiger partial charge on any atom is -0.393 e. The number of hydrogen-bond acceptors (Lipinski definition) is 10. The number of fused-ring (bicyclic) bond motifs is 3. The maximum absolute atomic E-state index is 13.0. The van der Waals surface area contributed by atoms with Crippen molar-refractivity contribution in [1.82, 2.24) is 30.3 Å². The number of amides is 3. The third-order valence-corrected chi connectivity index (χ3v) is 8.91. The van der Waals surface area contributed by atoms with Crippen LogP contribution in [0.1, 0.15) is 43.1 Å². The van der Waals surface area contributed by atoms with Gasteiger partial charge in [0, 0.05) is 55.8 Å². The molecule has 14 nitrogen and oxygen atoms in total. The van der Waals surface area contributed by atoms with Crippen LogP contribution in [0.25, 0.3) is 11.1 Å². The minimum absolute atomic E-state index is 0.0124. The van der Waals surface area contributed by atoms with Crippen molar-refractivity contribution in [2.75, 3.05) is 35.7 Å². The fourth-order valence-electron chi connectivity index (χ4n) is 6.15. The number of para-hydroxylation sites is 1. The number of aromatic nitrogens is 3. The quantitative estimate of drug-likeness (QED) is 0.0969. The van der Waals surface area contributed by atoms with Gasteiger partial charge in [-0.2, -0.15) is 5.10 Å². The van der Waals surface area contributed by atoms with E-state index >= 15 is 0 Å². The molecule has 47 heavy (non-hydrogen) atoms. The Kier molecular flexibility index (Phi) is 8.02. The number of nitrogens with two attached hydrogens (primary N) is 2. The second kappa shape index (κ2) is 12.4. The summed E-state index contributed by atoms with van der Waals surface area (Å²) < 4.78 is 2.13. The van der Waals surface area contributed by atoms with Crippen LogP contribution in [-0.4, -0.2) is 64.1 Å². The van der Waals surface area contributed by atoms with Gasteiger partial charge in [0.15, 0.2) is 0 Å². The third kappa shape index (κ3) is 6.49. The lowest BCUT2D eigenvalue weighted by atomic mass is 9.97. The summed E-state index contributed by atoms with van der Waals surface area (Å²) in [6, 6.07) is 11.9. The van der Waals surface area contributed by atoms with E-state index in [0.717, 1.165) is 72.7 Å². The molecule has 14 heteroatoms. The molecule has 8 N–H and O–H groups in total. The number of allylic oxidation sites excluding steroid dienone is 1. The molecule has 0 unspecified atom stereocenters. The van der Waals surface area contributed by atoms with E-state index in [2.05, 4.69) is 46.8 Å². The summed E-state index contributed by atoms with van der Waals surface area (Å²) >= 11 is 0. The predicted octanol–water partition coefficient (Wildman–Crippen LogP) is 1.71. The molecule has 1 saturated heterocycles. The maximum atomic E-state index is 13.0. The van der Waals surface area contributed by atoms with Crippen molar-refractivity contribution in [2.45, 2.75) is 50.9 Å². The van der Waals surface area contributed by atoms with E-state index in [0.29, 0.717) is 31.0 Å². The Hall–Kier alpha value is -5.37. The minimum atomic E-state index is -0.384. The van der Waals surface area contributed by atoms with Gasteiger partial charge >= 0.3 is 0 Å². The van der Waals surface area contributed by atoms with E-state index in [1.807, 2.05) is 37.5 Å². The molecule has 3 aromatic rings. The summed E-state index contributed by atoms with van der Waals surface area (Å²) in [5, 5.41) is 16.5. The van der Waals surface area contributed by atoms with E-state index in [1.165, 1.54) is 6.08 Å². The Morgan fingerprint density at radius 1 is 1.04 bits per heavy atom. The molecule has 1 aromatic carbocycles. The number of likely N-dealkylation sites (tertiary alicyclic amines) is 1. The molecule has 7 rings (SSSR count). The van der Waals surface area contributed by atoms with Crippen molar-refractivity contribution in [3.8, 4) is 11.1 Å². The number of nitrogens with zero attached hydrogens (tertiary/aromatic N) is 5. The molecule has 2 saturated carbocycles. The summed E-state index contributed by atoms with van der Waals surface area (Å²) in [5.74, 6) is 0.117. The van der Waals surface area contributed by atoms with Gasteiger partial charge in [-0.15, -0.1) is 0 Å². The smallest absolute Gasteiger partial charge is 0.269 e. The van der Waals surface area contributed by atoms with Crippen molar-refractivity contribution in [2.24, 2.45) is 17.4 Å². The first-order valence-electron chi connectivity index (χ1n) is 15.9. The van der Waals surface area contributed by atoms with E-state index in [9.17, 15) is 14.4 Å². The molecule has 3 amide bonds. The molecule has 4 heterocycles. The van der Waals surface area contributed by atoms with E-state index in [4.69, 9.17) is 16.6 Å². The Labute approximate surface area is 272 Å². The number of anilines is 3. The van der Waals surface area contributed by atoms with Crippen LogP contribution in [0.15, 0.2) is 65.9 Å². The molecular weight excluding hydrogens is 598 g/mol. The van der Waals surface area contributed by atoms with Gasteiger partial charge in [-0.1, -0.05) is 18.2 Å². The molecule has 3 fully saturated rings. The Morgan fingerprint density at radius 2 is 1.83 bits per heavy atom. The second-order valence-corrected chi connectivity index (χ2v) is 12.7. The zero-order valence-corrected chi connectivity index (χ0v) is 26.2. The number of carbonyl (C=O) groups excluding carboxylic acids is 3. The Bertz CT molecular complexity index is 1780. The number of nitrogens with one attached hydrogen (secondary N) is 4. The summed E-state index contributed by atoms with van der Waals surface area (Å²) in [5.41, 5.74) is 18.7. The lowest BCUT2D eigenvalue weighted by molar-refractivity contribution is -0.121. The largest absolute Gasteiger partial charge is 0.393 e. The van der Waals surface area contributed by atoms with Gasteiger partial charge in [-0.25, -0.2) is 4.98 Å². The van der Waals surface area contributed by atoms with Gasteiger partial charge in [0.2, 0.25) is 12.3 Å². The lowest BCUT2D eigenvalue weighted by Crippen LogP contribution is -2.48. The first kappa shape index (κ1) is 30.3. The topological polar surface area (TPSA) is 189 Å². The number of benzene rings is 1. The zero-order chi connectivity index (χ0) is 32.7. The highest BCUT2D eigenvalue weighted by Gasteiger charge is 2.34. The molecule has 244 valence electrons. The highest BCUT2D eigenvalue weighted by Crippen LogP contribution is 2.44. The molecule has 2 aliphatic heterocycles. The highest BCUT2D eigenvalue weighted by molar-refractivity contribution is 5.96. The third-order valence-electron chi connectivity index (χ3n) is 8.91. The van der Waals surface area contributed by atoms with Crippen LogP contribution in [0.3, 0.4) is 0 Å². The normalized spacial score (nSPS) is 18.3. The molecular formula is C33H39N11O3. The molecule has 0 atom stereocenters. The van der Waals surface area contributed by atoms with Crippen molar-refractivity contribution >= 4 is 35.4 Å². The summed E-state index contributed by atoms with van der Waals surface area (Å²) in [6.07, 6.45) is 7.61. The fraction of sp³-hybridized carbons (Fsp3) is 0.364. The van der Waals surface area contributed by atoms with Gasteiger partial charge in [-0.3, -0.25) is 24.0 Å². The van der Waals surface area contributed by atoms with Crippen LogP contribution < -0.4 is 37.6 Å². The Morgan fingerprint density at radius 3 is 2.57 bits per heavy atom. The van der Waals surface area contributed by atoms with Crippen LogP contribution >= 0.6 is 0 Å². The fourth-order valence-corrected chi connectivity index (χ4v) is 6.15. The summed E-state index contributed by atoms with van der Waals surface area (Å²) in [4.78, 5) is 45.1. The van der Waals surface area contributed by atoms with Crippen LogP contribution in [0, 0.1) is 5.92 Å².